The second-order valence-electron chi connectivity index (χ2n) is 5.79. The van der Waals surface area contributed by atoms with Crippen LogP contribution in [0, 0.1) is 5.92 Å². The predicted octanol–water partition coefficient (Wildman–Crippen LogP) is 3.22. The molecule has 2 aromatic rings. The number of aryl methyl sites for hydroxylation is 1. The number of carbonyl (C=O) groups is 1. The van der Waals surface area contributed by atoms with Crippen LogP contribution in [0.2, 0.25) is 0 Å². The van der Waals surface area contributed by atoms with Crippen LogP contribution in [-0.4, -0.2) is 10.9 Å². The Balaban J connectivity index is 1.93. The topological polar surface area (TPSA) is 62.0 Å². The highest BCUT2D eigenvalue weighted by atomic mass is 16.2. The standard InChI is InChI=1S/C17H20N2O2/c1-2-3-4-12-9-16(20)19-15-10-13(7-8-14(12)15)18-17(21)11-5-6-11/h7-11H,2-6H2,1H3,(H,18,21)(H,19,20). The van der Waals surface area contributed by atoms with Crippen LogP contribution in [0.5, 0.6) is 0 Å². The summed E-state index contributed by atoms with van der Waals surface area (Å²) in [4.78, 5) is 26.4. The first-order valence-corrected chi connectivity index (χ1v) is 7.64. The van der Waals surface area contributed by atoms with Gasteiger partial charge in [0.15, 0.2) is 0 Å². The van der Waals surface area contributed by atoms with E-state index in [2.05, 4.69) is 17.2 Å². The van der Waals surface area contributed by atoms with E-state index in [0.717, 1.165) is 54.3 Å². The van der Waals surface area contributed by atoms with E-state index in [1.807, 2.05) is 18.2 Å². The summed E-state index contributed by atoms with van der Waals surface area (Å²) in [5.41, 5.74) is 2.54. The first kappa shape index (κ1) is 13.9. The maximum absolute atomic E-state index is 11.8. The highest BCUT2D eigenvalue weighted by Gasteiger charge is 2.29. The van der Waals surface area contributed by atoms with Crippen LogP contribution in [-0.2, 0) is 11.2 Å². The monoisotopic (exact) mass is 284 g/mol. The van der Waals surface area contributed by atoms with E-state index < -0.39 is 0 Å². The molecule has 21 heavy (non-hydrogen) atoms. The van der Waals surface area contributed by atoms with E-state index >= 15 is 0 Å². The number of hydrogen-bond acceptors (Lipinski definition) is 2. The van der Waals surface area contributed by atoms with Gasteiger partial charge in [-0.15, -0.1) is 0 Å². The molecule has 0 aliphatic heterocycles. The van der Waals surface area contributed by atoms with Crippen molar-refractivity contribution in [3.05, 3.63) is 40.2 Å². The summed E-state index contributed by atoms with van der Waals surface area (Å²) in [6.45, 7) is 2.14. The smallest absolute Gasteiger partial charge is 0.248 e. The van der Waals surface area contributed by atoms with Gasteiger partial charge in [0.1, 0.15) is 0 Å². The summed E-state index contributed by atoms with van der Waals surface area (Å²) >= 11 is 0. The van der Waals surface area contributed by atoms with Crippen molar-refractivity contribution in [3.8, 4) is 0 Å². The number of unbranched alkanes of at least 4 members (excludes halogenated alkanes) is 1. The molecule has 1 aliphatic rings. The SMILES string of the molecule is CCCCc1cc(=O)[nH]c2cc(NC(=O)C3CC3)ccc12. The Morgan fingerprint density at radius 2 is 2.14 bits per heavy atom. The molecule has 1 aliphatic carbocycles. The molecule has 1 fully saturated rings. The third-order valence-electron chi connectivity index (χ3n) is 3.94. The van der Waals surface area contributed by atoms with Gasteiger partial charge in [-0.25, -0.2) is 0 Å². The Kier molecular flexibility index (Phi) is 3.78. The molecule has 2 N–H and O–H groups in total. The third-order valence-corrected chi connectivity index (χ3v) is 3.94. The molecule has 3 rings (SSSR count). The van der Waals surface area contributed by atoms with Crippen LogP contribution in [0.25, 0.3) is 10.9 Å². The second-order valence-corrected chi connectivity index (χ2v) is 5.79. The Morgan fingerprint density at radius 3 is 2.86 bits per heavy atom. The van der Waals surface area contributed by atoms with Crippen LogP contribution < -0.4 is 10.9 Å². The number of H-pyrrole nitrogens is 1. The Bertz CT molecular complexity index is 729. The van der Waals surface area contributed by atoms with Crippen molar-refractivity contribution in [1.29, 1.82) is 0 Å². The van der Waals surface area contributed by atoms with Crippen LogP contribution in [0.3, 0.4) is 0 Å². The number of rotatable bonds is 5. The van der Waals surface area contributed by atoms with Crippen molar-refractivity contribution in [2.45, 2.75) is 39.0 Å². The molecule has 4 heteroatoms. The van der Waals surface area contributed by atoms with Gasteiger partial charge in [0.05, 0.1) is 5.52 Å². The van der Waals surface area contributed by atoms with Gasteiger partial charge in [-0.2, -0.15) is 0 Å². The van der Waals surface area contributed by atoms with Crippen LogP contribution >= 0.6 is 0 Å². The fourth-order valence-electron chi connectivity index (χ4n) is 2.57. The lowest BCUT2D eigenvalue weighted by atomic mass is 10.0. The quantitative estimate of drug-likeness (QED) is 0.885. The minimum absolute atomic E-state index is 0.0823. The van der Waals surface area contributed by atoms with Gasteiger partial charge in [0.2, 0.25) is 11.5 Å². The summed E-state index contributed by atoms with van der Waals surface area (Å²) in [5.74, 6) is 0.259. The number of aromatic nitrogens is 1. The molecule has 0 atom stereocenters. The molecule has 1 saturated carbocycles. The molecule has 0 bridgehead atoms. The van der Waals surface area contributed by atoms with E-state index in [4.69, 9.17) is 0 Å². The van der Waals surface area contributed by atoms with Crippen molar-refractivity contribution in [2.24, 2.45) is 5.92 Å². The predicted molar refractivity (Wildman–Crippen MR) is 84.5 cm³/mol. The molecule has 0 spiro atoms. The summed E-state index contributed by atoms with van der Waals surface area (Å²) < 4.78 is 0. The Hall–Kier alpha value is -2.10. The number of anilines is 1. The van der Waals surface area contributed by atoms with Crippen LogP contribution in [0.15, 0.2) is 29.1 Å². The lowest BCUT2D eigenvalue weighted by molar-refractivity contribution is -0.117. The van der Waals surface area contributed by atoms with Gasteiger partial charge < -0.3 is 10.3 Å². The summed E-state index contributed by atoms with van der Waals surface area (Å²) in [7, 11) is 0. The fourth-order valence-corrected chi connectivity index (χ4v) is 2.57. The molecular formula is C17H20N2O2. The van der Waals surface area contributed by atoms with Gasteiger partial charge in [0, 0.05) is 23.1 Å². The van der Waals surface area contributed by atoms with Crippen molar-refractivity contribution in [3.63, 3.8) is 0 Å². The van der Waals surface area contributed by atoms with Gasteiger partial charge in [0.25, 0.3) is 0 Å². The molecule has 110 valence electrons. The number of pyridine rings is 1. The molecule has 0 unspecified atom stereocenters. The van der Waals surface area contributed by atoms with Gasteiger partial charge in [-0.05, 0) is 43.4 Å². The van der Waals surface area contributed by atoms with Gasteiger partial charge >= 0.3 is 0 Å². The van der Waals surface area contributed by atoms with E-state index in [1.54, 1.807) is 6.07 Å². The zero-order valence-electron chi connectivity index (χ0n) is 12.2. The number of carbonyl (C=O) groups excluding carboxylic acids is 1. The maximum atomic E-state index is 11.8. The second kappa shape index (κ2) is 5.72. The Labute approximate surface area is 123 Å². The minimum Gasteiger partial charge on any atom is -0.326 e. The van der Waals surface area contributed by atoms with Gasteiger partial charge in [-0.1, -0.05) is 19.4 Å². The summed E-state index contributed by atoms with van der Waals surface area (Å²) in [6.07, 6.45) is 5.04. The maximum Gasteiger partial charge on any atom is 0.248 e. The van der Waals surface area contributed by atoms with E-state index in [0.29, 0.717) is 0 Å². The minimum atomic E-state index is -0.0840. The van der Waals surface area contributed by atoms with Gasteiger partial charge in [-0.3, -0.25) is 9.59 Å². The van der Waals surface area contributed by atoms with E-state index in [9.17, 15) is 9.59 Å². The average molecular weight is 284 g/mol. The highest BCUT2D eigenvalue weighted by molar-refractivity contribution is 5.96. The summed E-state index contributed by atoms with van der Waals surface area (Å²) in [6, 6.07) is 7.43. The first-order chi connectivity index (χ1) is 10.2. The molecule has 4 nitrogen and oxygen atoms in total. The first-order valence-electron chi connectivity index (χ1n) is 7.64. The lowest BCUT2D eigenvalue weighted by Gasteiger charge is -2.09. The zero-order valence-corrected chi connectivity index (χ0v) is 12.2. The van der Waals surface area contributed by atoms with Crippen molar-refractivity contribution in [2.75, 3.05) is 5.32 Å². The summed E-state index contributed by atoms with van der Waals surface area (Å²) in [5, 5.41) is 3.98. The molecular weight excluding hydrogens is 264 g/mol. The molecule has 1 heterocycles. The number of amides is 1. The largest absolute Gasteiger partial charge is 0.326 e. The number of nitrogens with one attached hydrogen (secondary N) is 2. The number of aromatic amines is 1. The average Bonchev–Trinajstić information content (AvgIpc) is 3.28. The van der Waals surface area contributed by atoms with Crippen molar-refractivity contribution < 1.29 is 4.79 Å². The van der Waals surface area contributed by atoms with Crippen molar-refractivity contribution >= 4 is 22.5 Å². The third kappa shape index (κ3) is 3.15. The number of fused-ring (bicyclic) bond motifs is 1. The number of hydrogen-bond donors (Lipinski definition) is 2. The molecule has 1 aromatic heterocycles. The lowest BCUT2D eigenvalue weighted by Crippen LogP contribution is -2.13. The number of benzene rings is 1. The van der Waals surface area contributed by atoms with E-state index in [1.165, 1.54) is 0 Å². The molecule has 1 amide bonds. The Morgan fingerprint density at radius 1 is 1.33 bits per heavy atom. The normalized spacial score (nSPS) is 14.3. The van der Waals surface area contributed by atoms with Crippen LogP contribution in [0.4, 0.5) is 5.69 Å². The molecule has 0 saturated heterocycles. The highest BCUT2D eigenvalue weighted by Crippen LogP contribution is 2.30. The molecule has 1 aromatic carbocycles. The zero-order chi connectivity index (χ0) is 14.8. The molecule has 0 radical (unpaired) electrons. The van der Waals surface area contributed by atoms with E-state index in [-0.39, 0.29) is 17.4 Å². The van der Waals surface area contributed by atoms with Crippen molar-refractivity contribution in [1.82, 2.24) is 4.98 Å². The van der Waals surface area contributed by atoms with Crippen LogP contribution in [0.1, 0.15) is 38.2 Å². The fraction of sp³-hybridized carbons (Fsp3) is 0.412.